The molecule has 136 valence electrons. The number of rotatable bonds is 4. The Labute approximate surface area is 156 Å². The zero-order valence-electron chi connectivity index (χ0n) is 14.9. The molecule has 0 aromatic heterocycles. The summed E-state index contributed by atoms with van der Waals surface area (Å²) in [6.45, 7) is -0.170. The molecule has 3 aromatic rings. The number of hydrogen-bond donors (Lipinski definition) is 1. The van der Waals surface area contributed by atoms with Crippen molar-refractivity contribution in [2.24, 2.45) is 0 Å². The van der Waals surface area contributed by atoms with E-state index in [-0.39, 0.29) is 18.4 Å². The van der Waals surface area contributed by atoms with Gasteiger partial charge in [0.1, 0.15) is 5.75 Å². The Morgan fingerprint density at radius 2 is 1.81 bits per heavy atom. The fourth-order valence-corrected chi connectivity index (χ4v) is 3.58. The third-order valence-electron chi connectivity index (χ3n) is 4.86. The summed E-state index contributed by atoms with van der Waals surface area (Å²) in [7, 11) is 1.32. The Morgan fingerprint density at radius 1 is 1.04 bits per heavy atom. The second-order valence-corrected chi connectivity index (χ2v) is 6.46. The summed E-state index contributed by atoms with van der Waals surface area (Å²) in [5.74, 6) is -0.0434. The fraction of sp³-hybridized carbons (Fsp3) is 0.182. The number of nitrogens with one attached hydrogen (secondary N) is 1. The van der Waals surface area contributed by atoms with E-state index in [0.29, 0.717) is 12.2 Å². The van der Waals surface area contributed by atoms with Crippen LogP contribution in [0.1, 0.15) is 23.5 Å². The second kappa shape index (κ2) is 7.11. The van der Waals surface area contributed by atoms with Crippen LogP contribution in [0.5, 0.6) is 5.75 Å². The van der Waals surface area contributed by atoms with Gasteiger partial charge < -0.3 is 14.8 Å². The Bertz CT molecular complexity index is 1030. The molecule has 5 nitrogen and oxygen atoms in total. The molecule has 5 heteroatoms. The summed E-state index contributed by atoms with van der Waals surface area (Å²) < 4.78 is 10.3. The van der Waals surface area contributed by atoms with Gasteiger partial charge >= 0.3 is 5.97 Å². The standard InChI is InChI=1S/C22H19NO4/c1-26-21(25)13-27-19-9-5-4-8-16(19)18-12-20(24)23-22-15-7-3-2-6-14(15)10-11-17(18)22/h2-11,18H,12-13H2,1H3,(H,23,24). The number of fused-ring (bicyclic) bond motifs is 3. The first-order valence-electron chi connectivity index (χ1n) is 8.77. The van der Waals surface area contributed by atoms with Crippen molar-refractivity contribution in [3.63, 3.8) is 0 Å². The van der Waals surface area contributed by atoms with E-state index in [1.165, 1.54) is 7.11 Å². The molecule has 1 N–H and O–H groups in total. The lowest BCUT2D eigenvalue weighted by atomic mass is 9.83. The van der Waals surface area contributed by atoms with Gasteiger partial charge in [0.15, 0.2) is 6.61 Å². The summed E-state index contributed by atoms with van der Waals surface area (Å²) in [5.41, 5.74) is 2.77. The molecule has 1 unspecified atom stereocenters. The lowest BCUT2D eigenvalue weighted by Gasteiger charge is -2.28. The maximum Gasteiger partial charge on any atom is 0.343 e. The van der Waals surface area contributed by atoms with Crippen molar-refractivity contribution in [1.82, 2.24) is 0 Å². The summed E-state index contributed by atoms with van der Waals surface area (Å²) >= 11 is 0. The van der Waals surface area contributed by atoms with Crippen molar-refractivity contribution < 1.29 is 19.1 Å². The van der Waals surface area contributed by atoms with Gasteiger partial charge in [-0.1, -0.05) is 54.6 Å². The second-order valence-electron chi connectivity index (χ2n) is 6.46. The topological polar surface area (TPSA) is 64.6 Å². The van der Waals surface area contributed by atoms with Crippen molar-refractivity contribution in [2.45, 2.75) is 12.3 Å². The van der Waals surface area contributed by atoms with Gasteiger partial charge in [0.05, 0.1) is 12.8 Å². The average molecular weight is 361 g/mol. The summed E-state index contributed by atoms with van der Waals surface area (Å²) in [6.07, 6.45) is 0.323. The quantitative estimate of drug-likeness (QED) is 0.717. The lowest BCUT2D eigenvalue weighted by molar-refractivity contribution is -0.142. The number of para-hydroxylation sites is 1. The number of carbonyl (C=O) groups excluding carboxylic acids is 2. The largest absolute Gasteiger partial charge is 0.482 e. The molecule has 0 radical (unpaired) electrons. The van der Waals surface area contributed by atoms with Crippen LogP contribution in [0, 0.1) is 0 Å². The van der Waals surface area contributed by atoms with Gasteiger partial charge in [-0.05, 0) is 17.0 Å². The third-order valence-corrected chi connectivity index (χ3v) is 4.86. The van der Waals surface area contributed by atoms with Gasteiger partial charge in [0, 0.05) is 23.3 Å². The molecule has 1 atom stereocenters. The van der Waals surface area contributed by atoms with Crippen LogP contribution < -0.4 is 10.1 Å². The molecule has 1 aliphatic heterocycles. The van der Waals surface area contributed by atoms with Crippen LogP contribution >= 0.6 is 0 Å². The Morgan fingerprint density at radius 3 is 2.67 bits per heavy atom. The maximum absolute atomic E-state index is 12.5. The highest BCUT2D eigenvalue weighted by Crippen LogP contribution is 2.43. The molecule has 1 amide bonds. The monoisotopic (exact) mass is 361 g/mol. The molecule has 0 bridgehead atoms. The fourth-order valence-electron chi connectivity index (χ4n) is 3.58. The van der Waals surface area contributed by atoms with Crippen molar-refractivity contribution >= 4 is 28.3 Å². The molecule has 27 heavy (non-hydrogen) atoms. The van der Waals surface area contributed by atoms with Crippen LogP contribution in [-0.2, 0) is 14.3 Å². The Hall–Kier alpha value is -3.34. The summed E-state index contributed by atoms with van der Waals surface area (Å²) in [4.78, 5) is 23.9. The number of ether oxygens (including phenoxy) is 2. The van der Waals surface area contributed by atoms with E-state index in [1.807, 2.05) is 48.5 Å². The zero-order valence-corrected chi connectivity index (χ0v) is 14.9. The van der Waals surface area contributed by atoms with Gasteiger partial charge in [-0.25, -0.2) is 4.79 Å². The predicted molar refractivity (Wildman–Crippen MR) is 103 cm³/mol. The van der Waals surface area contributed by atoms with Gasteiger partial charge in [-0.2, -0.15) is 0 Å². The molecular weight excluding hydrogens is 342 g/mol. The molecule has 0 fully saturated rings. The summed E-state index contributed by atoms with van der Waals surface area (Å²) in [5, 5.41) is 5.12. The minimum Gasteiger partial charge on any atom is -0.482 e. The molecule has 0 saturated carbocycles. The Balaban J connectivity index is 1.79. The highest BCUT2D eigenvalue weighted by Gasteiger charge is 2.29. The van der Waals surface area contributed by atoms with E-state index in [9.17, 15) is 9.59 Å². The van der Waals surface area contributed by atoms with Crippen molar-refractivity contribution in [1.29, 1.82) is 0 Å². The van der Waals surface area contributed by atoms with Gasteiger partial charge in [-0.15, -0.1) is 0 Å². The normalized spacial score (nSPS) is 15.7. The maximum atomic E-state index is 12.5. The lowest BCUT2D eigenvalue weighted by Crippen LogP contribution is -2.24. The van der Waals surface area contributed by atoms with Gasteiger partial charge in [0.25, 0.3) is 0 Å². The highest BCUT2D eigenvalue weighted by atomic mass is 16.6. The van der Waals surface area contributed by atoms with Crippen LogP contribution in [0.2, 0.25) is 0 Å². The van der Waals surface area contributed by atoms with E-state index < -0.39 is 5.97 Å². The smallest absolute Gasteiger partial charge is 0.343 e. The van der Waals surface area contributed by atoms with E-state index in [1.54, 1.807) is 0 Å². The third kappa shape index (κ3) is 3.24. The van der Waals surface area contributed by atoms with E-state index >= 15 is 0 Å². The SMILES string of the molecule is COC(=O)COc1ccccc1C1CC(=O)Nc2c1ccc1ccccc21. The average Bonchev–Trinajstić information content (AvgIpc) is 2.71. The molecule has 4 rings (SSSR count). The summed E-state index contributed by atoms with van der Waals surface area (Å²) in [6, 6.07) is 19.6. The number of amides is 1. The molecular formula is C22H19NO4. The number of methoxy groups -OCH3 is 1. The van der Waals surface area contributed by atoms with E-state index in [2.05, 4.69) is 22.2 Å². The molecule has 0 aliphatic carbocycles. The number of hydrogen-bond acceptors (Lipinski definition) is 4. The Kier molecular flexibility index (Phi) is 4.50. The van der Waals surface area contributed by atoms with Gasteiger partial charge in [0.2, 0.25) is 5.91 Å². The van der Waals surface area contributed by atoms with Crippen molar-refractivity contribution in [3.05, 3.63) is 71.8 Å². The minimum absolute atomic E-state index is 0.0355. The molecule has 3 aromatic carbocycles. The number of anilines is 1. The van der Waals surface area contributed by atoms with Crippen LogP contribution in [0.3, 0.4) is 0 Å². The van der Waals surface area contributed by atoms with Crippen LogP contribution in [-0.4, -0.2) is 25.6 Å². The van der Waals surface area contributed by atoms with Crippen molar-refractivity contribution in [3.8, 4) is 5.75 Å². The number of benzene rings is 3. The minimum atomic E-state index is -0.447. The van der Waals surface area contributed by atoms with Crippen LogP contribution in [0.25, 0.3) is 10.8 Å². The molecule has 1 aliphatic rings. The van der Waals surface area contributed by atoms with E-state index in [0.717, 1.165) is 27.6 Å². The van der Waals surface area contributed by atoms with E-state index in [4.69, 9.17) is 4.74 Å². The predicted octanol–water partition coefficient (Wildman–Crippen LogP) is 3.87. The first-order valence-corrected chi connectivity index (χ1v) is 8.77. The molecule has 0 spiro atoms. The molecule has 0 saturated heterocycles. The first kappa shape index (κ1) is 17.1. The van der Waals surface area contributed by atoms with Crippen molar-refractivity contribution in [2.75, 3.05) is 19.0 Å². The zero-order chi connectivity index (χ0) is 18.8. The van der Waals surface area contributed by atoms with Crippen LogP contribution in [0.4, 0.5) is 5.69 Å². The van der Waals surface area contributed by atoms with Gasteiger partial charge in [-0.3, -0.25) is 4.79 Å². The molecule has 1 heterocycles. The number of carbonyl (C=O) groups is 2. The highest BCUT2D eigenvalue weighted by molar-refractivity contribution is 6.06. The van der Waals surface area contributed by atoms with Crippen LogP contribution in [0.15, 0.2) is 60.7 Å². The first-order chi connectivity index (χ1) is 13.2. The number of esters is 1.